The summed E-state index contributed by atoms with van der Waals surface area (Å²) in [7, 11) is 0. The van der Waals surface area contributed by atoms with Crippen LogP contribution in [-0.2, 0) is 10.8 Å². The molecule has 5 heteroatoms. The van der Waals surface area contributed by atoms with Gasteiger partial charge in [0.1, 0.15) is 24.0 Å². The molecule has 0 aliphatic carbocycles. The van der Waals surface area contributed by atoms with Gasteiger partial charge in [-0.2, -0.15) is 0 Å². The number of hydrogen-bond donors (Lipinski definition) is 0. The van der Waals surface area contributed by atoms with Crippen LogP contribution in [-0.4, -0.2) is 16.2 Å². The van der Waals surface area contributed by atoms with Crippen LogP contribution in [0, 0.1) is 0 Å². The predicted octanol–water partition coefficient (Wildman–Crippen LogP) is 17.8. The van der Waals surface area contributed by atoms with E-state index in [0.717, 1.165) is 39.3 Å². The molecule has 0 saturated heterocycles. The quantitative estimate of drug-likeness (QED) is 0.137. The van der Waals surface area contributed by atoms with E-state index in [-0.39, 0.29) is 71.5 Å². The zero-order chi connectivity index (χ0) is 60.3. The third kappa shape index (κ3) is 8.07. The summed E-state index contributed by atoms with van der Waals surface area (Å²) >= 11 is 0. The van der Waals surface area contributed by atoms with Gasteiger partial charge in [-0.3, -0.25) is 4.57 Å². The van der Waals surface area contributed by atoms with Gasteiger partial charge < -0.3 is 14.5 Å². The zero-order valence-electron chi connectivity index (χ0n) is 53.4. The van der Waals surface area contributed by atoms with Gasteiger partial charge in [0, 0.05) is 51.3 Å². The van der Waals surface area contributed by atoms with Gasteiger partial charge in [0.05, 0.1) is 45.9 Å². The summed E-state index contributed by atoms with van der Waals surface area (Å²) in [6, 6.07) is 45.4. The molecule has 9 aromatic carbocycles. The minimum atomic E-state index is -0.907. The molecule has 11 aromatic rings. The molecule has 3 heterocycles. The van der Waals surface area contributed by atoms with Gasteiger partial charge >= 0.3 is 0 Å². The van der Waals surface area contributed by atoms with Crippen LogP contribution in [0.5, 0.6) is 11.5 Å². The first kappa shape index (κ1) is 32.3. The van der Waals surface area contributed by atoms with Crippen LogP contribution in [0.15, 0.2) is 236 Å². The number of rotatable bonds is 10. The van der Waals surface area contributed by atoms with Crippen molar-refractivity contribution in [2.45, 2.75) is 45.4 Å². The summed E-state index contributed by atoms with van der Waals surface area (Å²) in [6.45, 7) is 10.5. The van der Waals surface area contributed by atoms with Gasteiger partial charge in [0.15, 0.2) is 0 Å². The number of pyridine rings is 1. The second kappa shape index (κ2) is 17.9. The number of aromatic nitrogens is 2. The summed E-state index contributed by atoms with van der Waals surface area (Å²) in [5.74, 6) is 0.957. The van der Waals surface area contributed by atoms with E-state index < -0.39 is 41.7 Å². The second-order valence-corrected chi connectivity index (χ2v) is 19.5. The Balaban J connectivity index is 0.991. The van der Waals surface area contributed by atoms with Crippen molar-refractivity contribution in [1.82, 2.24) is 9.55 Å². The molecule has 0 saturated carbocycles. The Labute approximate surface area is 441 Å². The molecule has 1 aliphatic heterocycles. The molecule has 0 fully saturated rings. The molecule has 1 aliphatic rings. The lowest BCUT2D eigenvalue weighted by Gasteiger charge is -2.28. The van der Waals surface area contributed by atoms with Gasteiger partial charge in [0.25, 0.3) is 0 Å². The van der Waals surface area contributed by atoms with E-state index in [2.05, 4.69) is 47.7 Å². The number of ether oxygens (including phenoxy) is 1. The van der Waals surface area contributed by atoms with Gasteiger partial charge in [-0.25, -0.2) is 4.98 Å². The minimum Gasteiger partial charge on any atom is -0.457 e. The molecule has 0 radical (unpaired) electrons. The van der Waals surface area contributed by atoms with Crippen molar-refractivity contribution in [3.05, 3.63) is 253 Å². The molecule has 350 valence electrons. The monoisotopic (exact) mass is 946 g/mol. The average molecular weight is 946 g/mol. The Morgan fingerprint density at radius 3 is 1.92 bits per heavy atom. The Kier molecular flexibility index (Phi) is 8.04. The van der Waals surface area contributed by atoms with Crippen LogP contribution in [0.1, 0.15) is 69.1 Å². The fourth-order valence-corrected chi connectivity index (χ4v) is 9.85. The minimum absolute atomic E-state index is 0.0279. The maximum absolute atomic E-state index is 9.89. The fraction of sp³-hybridized carbons (Fsp3) is 0.119. The van der Waals surface area contributed by atoms with E-state index >= 15 is 0 Å². The van der Waals surface area contributed by atoms with Crippen LogP contribution in [0.4, 0.5) is 22.7 Å². The summed E-state index contributed by atoms with van der Waals surface area (Å²) in [5.41, 5.74) is 7.97. The van der Waals surface area contributed by atoms with Crippen LogP contribution in [0.25, 0.3) is 61.0 Å². The first-order valence-electron chi connectivity index (χ1n) is 30.4. The topological polar surface area (TPSA) is 33.5 Å². The van der Waals surface area contributed by atoms with Crippen molar-refractivity contribution in [3.8, 4) is 50.7 Å². The highest BCUT2D eigenvalue weighted by molar-refractivity contribution is 6.11. The summed E-state index contributed by atoms with van der Waals surface area (Å²) in [6.07, 6.45) is -0.328. The first-order chi connectivity index (χ1) is 40.5. The van der Waals surface area contributed by atoms with Gasteiger partial charge in [-0.15, -0.1) is 0 Å². The van der Waals surface area contributed by atoms with Crippen LogP contribution in [0.3, 0.4) is 0 Å². The van der Waals surface area contributed by atoms with Crippen molar-refractivity contribution in [2.75, 3.05) is 16.5 Å². The summed E-state index contributed by atoms with van der Waals surface area (Å²) < 4.78 is 124. The van der Waals surface area contributed by atoms with E-state index in [0.29, 0.717) is 55.7 Å². The molecule has 0 amide bonds. The number of para-hydroxylation sites is 3. The Bertz CT molecular complexity index is 4520. The van der Waals surface area contributed by atoms with Crippen LogP contribution in [0.2, 0.25) is 0 Å². The highest BCUT2D eigenvalue weighted by atomic mass is 16.5. The third-order valence-electron chi connectivity index (χ3n) is 13.7. The molecule has 12 rings (SSSR count). The first-order valence-corrected chi connectivity index (χ1v) is 23.9. The van der Waals surface area contributed by atoms with Crippen molar-refractivity contribution in [1.29, 1.82) is 0 Å². The van der Waals surface area contributed by atoms with E-state index in [1.165, 1.54) is 0 Å². The Morgan fingerprint density at radius 1 is 0.486 bits per heavy atom. The number of anilines is 4. The SMILES string of the molecule is [2H]c1nc(-n2c3ccc(-c4c([2H])c([2H])c([2H])c([2H])c4[2H])cc3c3ccc(Oc4cccc(N5CN(c6c(-c7cccc(C(C)(C)C)c7)cccc6-c6c([2H])c([2H])c([2H])c([2H])c6[2H])c6ccccc65)c4)cc32)c([2H])c(C(C)(C)c2ccccc2)c1[2H]. The fourth-order valence-electron chi connectivity index (χ4n) is 9.85. The highest BCUT2D eigenvalue weighted by Crippen LogP contribution is 2.51. The molecular formula is C67H56N4O. The standard InChI is InChI=1S/C67H56N4O/c1-66(2,3)51-27-17-24-49(40-51)57-31-19-30-56(47-22-11-7-12-23-47)65(57)70-45-69(61-32-15-16-33-62(61)70)53-28-18-29-54(43-53)72-55-35-36-58-59-41-48(46-20-9-6-10-21-46)34-37-60(59)71(63(58)44-55)64-42-52(38-39-68-64)67(4,5)50-25-13-8-14-26-50/h6-44H,45H2,1-5H3/i6D,7D,9D,10D,11D,12D,20D,21D,22D,23D,38D,39D,42D. The third-order valence-corrected chi connectivity index (χ3v) is 13.7. The van der Waals surface area contributed by atoms with E-state index in [1.54, 1.807) is 28.8 Å². The zero-order valence-corrected chi connectivity index (χ0v) is 40.4. The van der Waals surface area contributed by atoms with Gasteiger partial charge in [0.2, 0.25) is 0 Å². The van der Waals surface area contributed by atoms with Crippen LogP contribution < -0.4 is 14.5 Å². The molecule has 0 bridgehead atoms. The number of hydrogen-bond acceptors (Lipinski definition) is 4. The lowest BCUT2D eigenvalue weighted by atomic mass is 9.78. The normalized spacial score (nSPS) is 15.2. The number of nitrogens with zero attached hydrogens (tertiary/aromatic N) is 4. The smallest absolute Gasteiger partial charge is 0.137 e. The van der Waals surface area contributed by atoms with E-state index in [1.807, 2.05) is 135 Å². The van der Waals surface area contributed by atoms with Crippen molar-refractivity contribution < 1.29 is 22.6 Å². The van der Waals surface area contributed by atoms with Gasteiger partial charge in [-0.05, 0) is 105 Å². The predicted molar refractivity (Wildman–Crippen MR) is 301 cm³/mol. The van der Waals surface area contributed by atoms with Crippen molar-refractivity contribution in [3.63, 3.8) is 0 Å². The largest absolute Gasteiger partial charge is 0.457 e. The summed E-state index contributed by atoms with van der Waals surface area (Å²) in [5, 5.41) is 1.26. The van der Waals surface area contributed by atoms with Crippen molar-refractivity contribution >= 4 is 44.6 Å². The summed E-state index contributed by atoms with van der Waals surface area (Å²) in [4.78, 5) is 8.91. The lowest BCUT2D eigenvalue weighted by molar-refractivity contribution is 0.483. The molecule has 0 unspecified atom stereocenters. The average Bonchev–Trinajstić information content (AvgIpc) is 1.78. The second-order valence-electron chi connectivity index (χ2n) is 19.5. The number of fused-ring (bicyclic) bond motifs is 4. The van der Waals surface area contributed by atoms with E-state index in [9.17, 15) is 5.48 Å². The maximum Gasteiger partial charge on any atom is 0.137 e. The van der Waals surface area contributed by atoms with E-state index in [4.69, 9.17) is 17.1 Å². The van der Waals surface area contributed by atoms with Crippen LogP contribution >= 0.6 is 0 Å². The lowest BCUT2D eigenvalue weighted by Crippen LogP contribution is -2.25. The molecular weight excluding hydrogens is 877 g/mol. The Morgan fingerprint density at radius 2 is 1.15 bits per heavy atom. The molecule has 0 atom stereocenters. The maximum atomic E-state index is 9.89. The van der Waals surface area contributed by atoms with Crippen molar-refractivity contribution in [2.24, 2.45) is 0 Å². The molecule has 0 N–H and O–H groups in total. The molecule has 2 aromatic heterocycles. The molecule has 72 heavy (non-hydrogen) atoms. The molecule has 0 spiro atoms. The highest BCUT2D eigenvalue weighted by Gasteiger charge is 2.32. The molecule has 5 nitrogen and oxygen atoms in total. The Hall–Kier alpha value is -8.67. The van der Waals surface area contributed by atoms with Gasteiger partial charge in [-0.1, -0.05) is 192 Å². The number of benzene rings is 9.